The smallest absolute Gasteiger partial charge is 0.248 e. The number of piperidine rings is 1. The van der Waals surface area contributed by atoms with Crippen LogP contribution >= 0.6 is 0 Å². The standard InChI is InChI=1S/C25H22F2N4O/c26-25(27)11-16-6-8-31(14-17(16)12-25)24-18(9-15-3-1-2-4-20(15)30-24)22-10-23(32)19-13-28-7-5-21(19)29-22/h1-5,7,9-10,13,16-17H,6,8,11-12,14H2,(H,29,32)/t16-,17+/m1/s1. The lowest BCUT2D eigenvalue weighted by molar-refractivity contribution is 0.00300. The largest absolute Gasteiger partial charge is 0.356 e. The third-order valence-electron chi connectivity index (χ3n) is 6.94. The highest BCUT2D eigenvalue weighted by Gasteiger charge is 2.48. The zero-order valence-electron chi connectivity index (χ0n) is 17.4. The summed E-state index contributed by atoms with van der Waals surface area (Å²) in [7, 11) is 0. The molecule has 0 unspecified atom stereocenters. The number of fused-ring (bicyclic) bond motifs is 3. The van der Waals surface area contributed by atoms with Gasteiger partial charge in [-0.1, -0.05) is 18.2 Å². The summed E-state index contributed by atoms with van der Waals surface area (Å²) in [4.78, 5) is 27.2. The third kappa shape index (κ3) is 3.23. The van der Waals surface area contributed by atoms with Crippen molar-refractivity contribution in [3.05, 3.63) is 65.1 Å². The molecule has 0 spiro atoms. The van der Waals surface area contributed by atoms with Crippen molar-refractivity contribution in [3.63, 3.8) is 0 Å². The van der Waals surface area contributed by atoms with Gasteiger partial charge in [0.2, 0.25) is 5.92 Å². The van der Waals surface area contributed by atoms with Crippen LogP contribution in [0.15, 0.2) is 59.7 Å². The first-order chi connectivity index (χ1) is 15.5. The molecule has 2 aliphatic rings. The van der Waals surface area contributed by atoms with E-state index >= 15 is 0 Å². The minimum atomic E-state index is -2.57. The van der Waals surface area contributed by atoms with Gasteiger partial charge in [-0.3, -0.25) is 9.78 Å². The van der Waals surface area contributed by atoms with Gasteiger partial charge in [0.05, 0.1) is 22.1 Å². The van der Waals surface area contributed by atoms with Crippen molar-refractivity contribution in [1.82, 2.24) is 15.0 Å². The van der Waals surface area contributed by atoms with Gasteiger partial charge < -0.3 is 9.88 Å². The average Bonchev–Trinajstić information content (AvgIpc) is 3.11. The topological polar surface area (TPSA) is 61.9 Å². The van der Waals surface area contributed by atoms with E-state index in [9.17, 15) is 13.6 Å². The minimum absolute atomic E-state index is 0.00442. The molecule has 1 saturated carbocycles. The molecule has 4 aromatic rings. The second kappa shape index (κ2) is 7.08. The van der Waals surface area contributed by atoms with E-state index in [-0.39, 0.29) is 30.1 Å². The van der Waals surface area contributed by atoms with E-state index in [1.807, 2.05) is 30.3 Å². The Morgan fingerprint density at radius 3 is 2.84 bits per heavy atom. The molecule has 5 nitrogen and oxygen atoms in total. The monoisotopic (exact) mass is 432 g/mol. The molecule has 1 aliphatic heterocycles. The van der Waals surface area contributed by atoms with Gasteiger partial charge in [-0.15, -0.1) is 0 Å². The first-order valence-corrected chi connectivity index (χ1v) is 11.0. The highest BCUT2D eigenvalue weighted by atomic mass is 19.3. The molecule has 1 N–H and O–H groups in total. The number of rotatable bonds is 2. The molecule has 0 amide bonds. The van der Waals surface area contributed by atoms with E-state index in [2.05, 4.69) is 14.9 Å². The van der Waals surface area contributed by atoms with Crippen LogP contribution in [0.5, 0.6) is 0 Å². The lowest BCUT2D eigenvalue weighted by Crippen LogP contribution is -2.39. The molecule has 7 heteroatoms. The molecule has 1 saturated heterocycles. The molecule has 1 aromatic carbocycles. The maximum Gasteiger partial charge on any atom is 0.248 e. The van der Waals surface area contributed by atoms with Crippen molar-refractivity contribution in [2.45, 2.75) is 25.2 Å². The summed E-state index contributed by atoms with van der Waals surface area (Å²) in [6.45, 7) is 1.23. The van der Waals surface area contributed by atoms with Crippen LogP contribution in [0.2, 0.25) is 0 Å². The fourth-order valence-corrected chi connectivity index (χ4v) is 5.40. The maximum absolute atomic E-state index is 14.0. The van der Waals surface area contributed by atoms with Crippen LogP contribution in [0.1, 0.15) is 19.3 Å². The number of aromatic nitrogens is 3. The molecule has 2 atom stereocenters. The Morgan fingerprint density at radius 2 is 1.94 bits per heavy atom. The van der Waals surface area contributed by atoms with Crippen molar-refractivity contribution < 1.29 is 8.78 Å². The van der Waals surface area contributed by atoms with Crippen LogP contribution in [-0.2, 0) is 0 Å². The van der Waals surface area contributed by atoms with Gasteiger partial charge in [0.1, 0.15) is 5.82 Å². The average molecular weight is 432 g/mol. The van der Waals surface area contributed by atoms with Crippen LogP contribution in [-0.4, -0.2) is 34.0 Å². The Labute approximate surface area is 183 Å². The van der Waals surface area contributed by atoms with Crippen molar-refractivity contribution >= 4 is 27.6 Å². The molecular formula is C25H22F2N4O. The van der Waals surface area contributed by atoms with Gasteiger partial charge in [0.15, 0.2) is 5.43 Å². The van der Waals surface area contributed by atoms with Gasteiger partial charge in [-0.05, 0) is 36.5 Å². The number of halogens is 2. The third-order valence-corrected chi connectivity index (χ3v) is 6.94. The minimum Gasteiger partial charge on any atom is -0.356 e. The van der Waals surface area contributed by atoms with Crippen LogP contribution in [0.3, 0.4) is 0 Å². The summed E-state index contributed by atoms with van der Waals surface area (Å²) in [5, 5.41) is 1.49. The Balaban J connectivity index is 1.50. The molecule has 0 radical (unpaired) electrons. The molecule has 32 heavy (non-hydrogen) atoms. The highest BCUT2D eigenvalue weighted by molar-refractivity contribution is 5.90. The van der Waals surface area contributed by atoms with E-state index in [4.69, 9.17) is 4.98 Å². The fourth-order valence-electron chi connectivity index (χ4n) is 5.40. The first-order valence-electron chi connectivity index (χ1n) is 11.0. The summed E-state index contributed by atoms with van der Waals surface area (Å²) < 4.78 is 28.1. The molecule has 162 valence electrons. The van der Waals surface area contributed by atoms with E-state index in [0.717, 1.165) is 28.7 Å². The number of alkyl halides is 2. The van der Waals surface area contributed by atoms with Crippen molar-refractivity contribution in [3.8, 4) is 11.3 Å². The zero-order valence-corrected chi connectivity index (χ0v) is 17.4. The van der Waals surface area contributed by atoms with Crippen molar-refractivity contribution in [2.75, 3.05) is 18.0 Å². The number of benzene rings is 1. The Hall–Kier alpha value is -3.35. The van der Waals surface area contributed by atoms with Gasteiger partial charge >= 0.3 is 0 Å². The quantitative estimate of drug-likeness (QED) is 0.484. The number of nitrogens with zero attached hydrogens (tertiary/aromatic N) is 3. The number of hydrogen-bond acceptors (Lipinski definition) is 4. The number of nitrogens with one attached hydrogen (secondary N) is 1. The molecule has 2 fully saturated rings. The Morgan fingerprint density at radius 1 is 1.09 bits per heavy atom. The number of anilines is 1. The summed E-state index contributed by atoms with van der Waals surface area (Å²) >= 11 is 0. The van der Waals surface area contributed by atoms with E-state index in [1.54, 1.807) is 24.5 Å². The summed E-state index contributed by atoms with van der Waals surface area (Å²) in [6, 6.07) is 13.2. The lowest BCUT2D eigenvalue weighted by Gasteiger charge is -2.36. The molecular weight excluding hydrogens is 410 g/mol. The maximum atomic E-state index is 14.0. The van der Waals surface area contributed by atoms with Gasteiger partial charge in [0.25, 0.3) is 0 Å². The van der Waals surface area contributed by atoms with Gasteiger partial charge in [0, 0.05) is 55.3 Å². The molecule has 0 bridgehead atoms. The Kier molecular flexibility index (Phi) is 4.28. The number of aromatic amines is 1. The molecule has 4 heterocycles. The van der Waals surface area contributed by atoms with Crippen molar-refractivity contribution in [1.29, 1.82) is 0 Å². The van der Waals surface area contributed by atoms with E-state index in [1.165, 1.54) is 0 Å². The predicted octanol–water partition coefficient (Wildman–Crippen LogP) is 5.01. The second-order valence-electron chi connectivity index (χ2n) is 9.04. The molecule has 1 aliphatic carbocycles. The summed E-state index contributed by atoms with van der Waals surface area (Å²) in [6.07, 6.45) is 3.87. The van der Waals surface area contributed by atoms with Gasteiger partial charge in [-0.25, -0.2) is 13.8 Å². The predicted molar refractivity (Wildman–Crippen MR) is 121 cm³/mol. The number of pyridine rings is 3. The first kappa shape index (κ1) is 19.3. The molecule has 6 rings (SSSR count). The fraction of sp³-hybridized carbons (Fsp3) is 0.320. The second-order valence-corrected chi connectivity index (χ2v) is 9.04. The number of H-pyrrole nitrogens is 1. The van der Waals surface area contributed by atoms with Crippen LogP contribution in [0.4, 0.5) is 14.6 Å². The van der Waals surface area contributed by atoms with Crippen LogP contribution in [0.25, 0.3) is 33.1 Å². The SMILES string of the molecule is O=c1cc(-c2cc3ccccc3nc2N2CC[C@@H]3CC(F)(F)C[C@H]3C2)[nH]c2ccncc12. The normalized spacial score (nSPS) is 22.4. The number of hydrogen-bond donors (Lipinski definition) is 1. The van der Waals surface area contributed by atoms with Crippen LogP contribution < -0.4 is 10.3 Å². The lowest BCUT2D eigenvalue weighted by atomic mass is 9.88. The number of para-hydroxylation sites is 1. The molecule has 3 aromatic heterocycles. The summed E-state index contributed by atoms with van der Waals surface area (Å²) in [5.41, 5.74) is 2.91. The highest BCUT2D eigenvalue weighted by Crippen LogP contribution is 2.48. The zero-order chi connectivity index (χ0) is 21.9. The summed E-state index contributed by atoms with van der Waals surface area (Å²) in [5.74, 6) is -1.80. The Bertz CT molecular complexity index is 1400. The van der Waals surface area contributed by atoms with E-state index < -0.39 is 5.92 Å². The van der Waals surface area contributed by atoms with E-state index in [0.29, 0.717) is 29.7 Å². The van der Waals surface area contributed by atoms with Crippen LogP contribution in [0, 0.1) is 11.8 Å². The van der Waals surface area contributed by atoms with Gasteiger partial charge in [-0.2, -0.15) is 0 Å². The van der Waals surface area contributed by atoms with Crippen molar-refractivity contribution in [2.24, 2.45) is 11.8 Å².